The molecule has 3 rings (SSSR count). The first kappa shape index (κ1) is 14.9. The second-order valence-electron chi connectivity index (χ2n) is 6.52. The zero-order chi connectivity index (χ0) is 14.7. The fourth-order valence-electron chi connectivity index (χ4n) is 3.62. The van der Waals surface area contributed by atoms with Crippen LogP contribution in [-0.4, -0.2) is 43.2 Å². The maximum atomic E-state index is 5.81. The lowest BCUT2D eigenvalue weighted by Crippen LogP contribution is -2.42. The van der Waals surface area contributed by atoms with Crippen LogP contribution in [0.5, 0.6) is 5.75 Å². The molecule has 0 aliphatic carbocycles. The molecule has 2 aliphatic heterocycles. The Hall–Kier alpha value is -1.06. The van der Waals surface area contributed by atoms with Crippen LogP contribution in [-0.2, 0) is 0 Å². The second-order valence-corrected chi connectivity index (χ2v) is 6.52. The first-order valence-corrected chi connectivity index (χ1v) is 8.47. The van der Waals surface area contributed by atoms with Crippen molar-refractivity contribution in [1.82, 2.24) is 10.2 Å². The van der Waals surface area contributed by atoms with Gasteiger partial charge in [0.1, 0.15) is 5.75 Å². The molecule has 1 aromatic rings. The molecule has 3 unspecified atom stereocenters. The van der Waals surface area contributed by atoms with Crippen molar-refractivity contribution in [3.8, 4) is 5.75 Å². The fraction of sp³-hybridized carbons (Fsp3) is 0.667. The van der Waals surface area contributed by atoms with Crippen LogP contribution >= 0.6 is 0 Å². The van der Waals surface area contributed by atoms with E-state index in [-0.39, 0.29) is 0 Å². The minimum Gasteiger partial charge on any atom is -0.493 e. The molecule has 0 bridgehead atoms. The maximum Gasteiger partial charge on any atom is 0.122 e. The molecule has 0 radical (unpaired) electrons. The Bertz CT molecular complexity index is 462. The number of fused-ring (bicyclic) bond motifs is 1. The highest BCUT2D eigenvalue weighted by atomic mass is 16.5. The summed E-state index contributed by atoms with van der Waals surface area (Å²) in [7, 11) is 0. The Morgan fingerprint density at radius 1 is 1.29 bits per heavy atom. The smallest absolute Gasteiger partial charge is 0.122 e. The molecule has 3 nitrogen and oxygen atoms in total. The number of nitrogens with zero attached hydrogens (tertiary/aromatic N) is 1. The lowest BCUT2D eigenvalue weighted by molar-refractivity contribution is 0.169. The summed E-state index contributed by atoms with van der Waals surface area (Å²) in [6.45, 7) is 9.03. The van der Waals surface area contributed by atoms with Crippen molar-refractivity contribution in [3.63, 3.8) is 0 Å². The van der Waals surface area contributed by atoms with Crippen molar-refractivity contribution in [2.75, 3.05) is 26.2 Å². The van der Waals surface area contributed by atoms with E-state index in [9.17, 15) is 0 Å². The number of ether oxygens (including phenoxy) is 1. The van der Waals surface area contributed by atoms with E-state index in [0.29, 0.717) is 18.0 Å². The summed E-state index contributed by atoms with van der Waals surface area (Å²) in [5.74, 6) is 1.72. The molecule has 2 aliphatic rings. The molecule has 0 amide bonds. The van der Waals surface area contributed by atoms with Crippen LogP contribution < -0.4 is 10.1 Å². The lowest BCUT2D eigenvalue weighted by atomic mass is 9.92. The zero-order valence-electron chi connectivity index (χ0n) is 13.3. The largest absolute Gasteiger partial charge is 0.493 e. The van der Waals surface area contributed by atoms with Gasteiger partial charge in [-0.2, -0.15) is 0 Å². The summed E-state index contributed by atoms with van der Waals surface area (Å²) in [6.07, 6.45) is 3.61. The van der Waals surface area contributed by atoms with Gasteiger partial charge in [-0.25, -0.2) is 0 Å². The summed E-state index contributed by atoms with van der Waals surface area (Å²) in [5.41, 5.74) is 1.40. The Morgan fingerprint density at radius 2 is 2.14 bits per heavy atom. The number of rotatable bonds is 3. The quantitative estimate of drug-likeness (QED) is 0.925. The first-order valence-electron chi connectivity index (χ1n) is 8.47. The highest BCUT2D eigenvalue weighted by molar-refractivity contribution is 5.38. The van der Waals surface area contributed by atoms with Crippen LogP contribution in [0.4, 0.5) is 0 Å². The summed E-state index contributed by atoms with van der Waals surface area (Å²) in [5, 5.41) is 3.68. The minimum atomic E-state index is 0.619. The van der Waals surface area contributed by atoms with E-state index in [1.165, 1.54) is 31.5 Å². The molecule has 1 saturated heterocycles. The third-order valence-corrected chi connectivity index (χ3v) is 5.10. The Morgan fingerprint density at radius 3 is 3.00 bits per heavy atom. The van der Waals surface area contributed by atoms with Gasteiger partial charge in [0, 0.05) is 31.1 Å². The molecule has 2 heterocycles. The van der Waals surface area contributed by atoms with Gasteiger partial charge in [0.25, 0.3) is 0 Å². The van der Waals surface area contributed by atoms with Crippen molar-refractivity contribution in [2.45, 2.75) is 51.1 Å². The van der Waals surface area contributed by atoms with Gasteiger partial charge < -0.3 is 10.1 Å². The van der Waals surface area contributed by atoms with Crippen molar-refractivity contribution < 1.29 is 4.74 Å². The second kappa shape index (κ2) is 6.80. The highest BCUT2D eigenvalue weighted by Crippen LogP contribution is 2.34. The average molecular weight is 288 g/mol. The number of nitrogens with one attached hydrogen (secondary N) is 1. The number of benzene rings is 1. The van der Waals surface area contributed by atoms with Crippen LogP contribution in [0.1, 0.15) is 44.6 Å². The molecular weight excluding hydrogens is 260 g/mol. The van der Waals surface area contributed by atoms with Crippen molar-refractivity contribution in [1.29, 1.82) is 0 Å². The van der Waals surface area contributed by atoms with Gasteiger partial charge in [-0.05, 0) is 44.4 Å². The van der Waals surface area contributed by atoms with E-state index in [1.807, 2.05) is 0 Å². The lowest BCUT2D eigenvalue weighted by Gasteiger charge is -2.34. The highest BCUT2D eigenvalue weighted by Gasteiger charge is 2.28. The van der Waals surface area contributed by atoms with Crippen molar-refractivity contribution in [2.24, 2.45) is 0 Å². The van der Waals surface area contributed by atoms with Crippen LogP contribution in [0, 0.1) is 0 Å². The molecule has 1 N–H and O–H groups in total. The normalized spacial score (nSPS) is 30.3. The fourth-order valence-corrected chi connectivity index (χ4v) is 3.62. The topological polar surface area (TPSA) is 24.5 Å². The molecule has 3 heteroatoms. The number of para-hydroxylation sites is 1. The molecule has 0 aromatic heterocycles. The van der Waals surface area contributed by atoms with Crippen molar-refractivity contribution in [3.05, 3.63) is 29.8 Å². The maximum absolute atomic E-state index is 5.81. The molecule has 21 heavy (non-hydrogen) atoms. The number of hydrogen-bond acceptors (Lipinski definition) is 3. The summed E-state index contributed by atoms with van der Waals surface area (Å²) in [4.78, 5) is 2.70. The first-order chi connectivity index (χ1) is 10.3. The zero-order valence-corrected chi connectivity index (χ0v) is 13.3. The third-order valence-electron chi connectivity index (χ3n) is 5.10. The molecule has 1 fully saturated rings. The molecule has 0 saturated carbocycles. The van der Waals surface area contributed by atoms with Gasteiger partial charge in [0.15, 0.2) is 0 Å². The van der Waals surface area contributed by atoms with Gasteiger partial charge >= 0.3 is 0 Å². The molecule has 116 valence electrons. The van der Waals surface area contributed by atoms with Gasteiger partial charge in [0.05, 0.1) is 6.61 Å². The van der Waals surface area contributed by atoms with E-state index in [0.717, 1.165) is 25.3 Å². The van der Waals surface area contributed by atoms with E-state index in [1.54, 1.807) is 0 Å². The van der Waals surface area contributed by atoms with Crippen LogP contribution in [0.2, 0.25) is 0 Å². The van der Waals surface area contributed by atoms with E-state index >= 15 is 0 Å². The van der Waals surface area contributed by atoms with E-state index < -0.39 is 0 Å². The van der Waals surface area contributed by atoms with E-state index in [2.05, 4.69) is 48.3 Å². The molecule has 0 spiro atoms. The predicted octanol–water partition coefficient (Wildman–Crippen LogP) is 3.02. The summed E-state index contributed by atoms with van der Waals surface area (Å²) < 4.78 is 5.81. The summed E-state index contributed by atoms with van der Waals surface area (Å²) in [6, 6.07) is 9.89. The monoisotopic (exact) mass is 288 g/mol. The van der Waals surface area contributed by atoms with Crippen molar-refractivity contribution >= 4 is 0 Å². The van der Waals surface area contributed by atoms with Gasteiger partial charge in [-0.15, -0.1) is 0 Å². The Balaban J connectivity index is 1.73. The van der Waals surface area contributed by atoms with Gasteiger partial charge in [-0.1, -0.05) is 25.1 Å². The van der Waals surface area contributed by atoms with Crippen LogP contribution in [0.3, 0.4) is 0 Å². The molecule has 1 aromatic carbocycles. The third kappa shape index (κ3) is 3.41. The average Bonchev–Trinajstić information content (AvgIpc) is 2.70. The Kier molecular flexibility index (Phi) is 4.81. The molecular formula is C18H28N2O. The Labute approximate surface area is 128 Å². The SMILES string of the molecule is CCC1CN(CC2CCOc3ccccc32)C(C)CCN1. The standard InChI is InChI=1S/C18H28N2O/c1-3-16-13-20(14(2)8-10-19-16)12-15-9-11-21-18-7-5-4-6-17(15)18/h4-7,14-16,19H,3,8-13H2,1-2H3. The van der Waals surface area contributed by atoms with Gasteiger partial charge in [-0.3, -0.25) is 4.90 Å². The van der Waals surface area contributed by atoms with Crippen LogP contribution in [0.25, 0.3) is 0 Å². The summed E-state index contributed by atoms with van der Waals surface area (Å²) >= 11 is 0. The minimum absolute atomic E-state index is 0.619. The molecule has 3 atom stereocenters. The van der Waals surface area contributed by atoms with Gasteiger partial charge in [0.2, 0.25) is 0 Å². The number of hydrogen-bond donors (Lipinski definition) is 1. The van der Waals surface area contributed by atoms with E-state index in [4.69, 9.17) is 4.74 Å². The predicted molar refractivity (Wildman–Crippen MR) is 87.0 cm³/mol. The van der Waals surface area contributed by atoms with Crippen LogP contribution in [0.15, 0.2) is 24.3 Å².